The van der Waals surface area contributed by atoms with E-state index < -0.39 is 0 Å². The number of amides is 2. The molecule has 1 aromatic heterocycles. The summed E-state index contributed by atoms with van der Waals surface area (Å²) in [5.74, 6) is 0.815. The zero-order valence-electron chi connectivity index (χ0n) is 16.0. The van der Waals surface area contributed by atoms with Crippen LogP contribution in [-0.4, -0.2) is 42.2 Å². The molecule has 2 heterocycles. The summed E-state index contributed by atoms with van der Waals surface area (Å²) in [4.78, 5) is 18.8. The van der Waals surface area contributed by atoms with E-state index in [1.54, 1.807) is 7.11 Å². The first-order chi connectivity index (χ1) is 13.6. The minimum absolute atomic E-state index is 0.0608. The Balaban J connectivity index is 1.31. The molecular weight excluding hydrogens is 374 g/mol. The number of aryl methyl sites for hydroxylation is 1. The van der Waals surface area contributed by atoms with Gasteiger partial charge < -0.3 is 19.7 Å². The average Bonchev–Trinajstić information content (AvgIpc) is 3.11. The summed E-state index contributed by atoms with van der Waals surface area (Å²) in [7, 11) is 1.66. The molecule has 1 aliphatic rings. The number of urea groups is 1. The smallest absolute Gasteiger partial charge is 0.321 e. The standard InChI is InChI=1S/C21H23N3O3S/c1-14-3-5-15(6-4-14)22-20(25)24-11-9-16(10-12-24)27-21-23-18-8-7-17(26-2)13-19(18)28-21/h3-8,13,16H,9-12H2,1-2H3,(H,22,25). The second kappa shape index (κ2) is 8.06. The lowest BCUT2D eigenvalue weighted by Crippen LogP contribution is -2.43. The van der Waals surface area contributed by atoms with Crippen molar-refractivity contribution >= 4 is 33.3 Å². The van der Waals surface area contributed by atoms with Gasteiger partial charge in [-0.2, -0.15) is 0 Å². The van der Waals surface area contributed by atoms with E-state index in [9.17, 15) is 4.79 Å². The fourth-order valence-corrected chi connectivity index (χ4v) is 4.13. The first kappa shape index (κ1) is 18.6. The third kappa shape index (κ3) is 4.20. The molecule has 7 heteroatoms. The number of hydrogen-bond donors (Lipinski definition) is 1. The summed E-state index contributed by atoms with van der Waals surface area (Å²) in [6.45, 7) is 3.36. The van der Waals surface area contributed by atoms with Crippen molar-refractivity contribution in [2.75, 3.05) is 25.5 Å². The number of aromatic nitrogens is 1. The van der Waals surface area contributed by atoms with Crippen molar-refractivity contribution in [2.24, 2.45) is 0 Å². The lowest BCUT2D eigenvalue weighted by molar-refractivity contribution is 0.115. The van der Waals surface area contributed by atoms with E-state index in [1.165, 1.54) is 16.9 Å². The van der Waals surface area contributed by atoms with Crippen LogP contribution < -0.4 is 14.8 Å². The van der Waals surface area contributed by atoms with Crippen molar-refractivity contribution in [3.8, 4) is 10.9 Å². The van der Waals surface area contributed by atoms with Crippen LogP contribution in [0.2, 0.25) is 0 Å². The van der Waals surface area contributed by atoms with E-state index >= 15 is 0 Å². The van der Waals surface area contributed by atoms with Crippen molar-refractivity contribution in [1.29, 1.82) is 0 Å². The van der Waals surface area contributed by atoms with Crippen LogP contribution in [0.25, 0.3) is 10.2 Å². The molecule has 1 saturated heterocycles. The number of ether oxygens (including phenoxy) is 2. The quantitative estimate of drug-likeness (QED) is 0.694. The second-order valence-electron chi connectivity index (χ2n) is 6.91. The van der Waals surface area contributed by atoms with Crippen LogP contribution in [0.5, 0.6) is 10.9 Å². The summed E-state index contributed by atoms with van der Waals surface area (Å²) in [6.07, 6.45) is 1.66. The number of carbonyl (C=O) groups excluding carboxylic acids is 1. The van der Waals surface area contributed by atoms with Gasteiger partial charge in [0.05, 0.1) is 17.3 Å². The molecule has 4 rings (SSSR count). The molecule has 2 amide bonds. The van der Waals surface area contributed by atoms with Gasteiger partial charge in [0.15, 0.2) is 0 Å². The highest BCUT2D eigenvalue weighted by Crippen LogP contribution is 2.32. The summed E-state index contributed by atoms with van der Waals surface area (Å²) >= 11 is 1.52. The second-order valence-corrected chi connectivity index (χ2v) is 7.91. The van der Waals surface area contributed by atoms with Crippen molar-refractivity contribution in [2.45, 2.75) is 25.9 Å². The van der Waals surface area contributed by atoms with Gasteiger partial charge in [-0.3, -0.25) is 0 Å². The minimum atomic E-state index is -0.0608. The number of benzene rings is 2. The largest absolute Gasteiger partial charge is 0.497 e. The SMILES string of the molecule is COc1ccc2nc(OC3CCN(C(=O)Nc4ccc(C)cc4)CC3)sc2c1. The number of thiazole rings is 1. The van der Waals surface area contributed by atoms with Crippen LogP contribution in [0.3, 0.4) is 0 Å². The van der Waals surface area contributed by atoms with Crippen LogP contribution in [0, 0.1) is 6.92 Å². The van der Waals surface area contributed by atoms with Gasteiger partial charge in [-0.05, 0) is 37.3 Å². The highest BCUT2D eigenvalue weighted by molar-refractivity contribution is 7.20. The Morgan fingerprint density at radius 1 is 1.18 bits per heavy atom. The van der Waals surface area contributed by atoms with E-state index in [4.69, 9.17) is 9.47 Å². The molecule has 0 unspecified atom stereocenters. The van der Waals surface area contributed by atoms with Gasteiger partial charge in [0, 0.05) is 31.6 Å². The number of nitrogens with zero attached hydrogens (tertiary/aromatic N) is 2. The molecule has 0 radical (unpaired) electrons. The predicted octanol–water partition coefficient (Wildman–Crippen LogP) is 4.69. The molecule has 146 valence electrons. The first-order valence-corrected chi connectivity index (χ1v) is 10.2. The van der Waals surface area contributed by atoms with Gasteiger partial charge in [-0.1, -0.05) is 29.0 Å². The molecular formula is C21H23N3O3S. The van der Waals surface area contributed by atoms with E-state index in [0.29, 0.717) is 18.3 Å². The molecule has 0 bridgehead atoms. The van der Waals surface area contributed by atoms with Gasteiger partial charge in [0.25, 0.3) is 5.19 Å². The molecule has 1 N–H and O–H groups in total. The molecule has 0 spiro atoms. The topological polar surface area (TPSA) is 63.7 Å². The van der Waals surface area contributed by atoms with Crippen molar-refractivity contribution in [3.63, 3.8) is 0 Å². The van der Waals surface area contributed by atoms with Crippen molar-refractivity contribution in [3.05, 3.63) is 48.0 Å². The van der Waals surface area contributed by atoms with Gasteiger partial charge in [-0.15, -0.1) is 0 Å². The molecule has 28 heavy (non-hydrogen) atoms. The molecule has 0 atom stereocenters. The number of nitrogens with one attached hydrogen (secondary N) is 1. The van der Waals surface area contributed by atoms with Gasteiger partial charge >= 0.3 is 6.03 Å². The highest BCUT2D eigenvalue weighted by Gasteiger charge is 2.25. The van der Waals surface area contributed by atoms with E-state index in [1.807, 2.05) is 54.3 Å². The third-order valence-electron chi connectivity index (χ3n) is 4.88. The van der Waals surface area contributed by atoms with Crippen LogP contribution in [0.15, 0.2) is 42.5 Å². The molecule has 1 fully saturated rings. The van der Waals surface area contributed by atoms with Crippen LogP contribution >= 0.6 is 11.3 Å². The first-order valence-electron chi connectivity index (χ1n) is 9.34. The van der Waals surface area contributed by atoms with Crippen molar-refractivity contribution in [1.82, 2.24) is 9.88 Å². The predicted molar refractivity (Wildman–Crippen MR) is 112 cm³/mol. The van der Waals surface area contributed by atoms with Gasteiger partial charge in [0.2, 0.25) is 0 Å². The van der Waals surface area contributed by atoms with Gasteiger partial charge in [-0.25, -0.2) is 9.78 Å². The summed E-state index contributed by atoms with van der Waals surface area (Å²) < 4.78 is 12.4. The average molecular weight is 398 g/mol. The molecule has 2 aromatic carbocycles. The number of likely N-dealkylation sites (tertiary alicyclic amines) is 1. The van der Waals surface area contributed by atoms with Crippen LogP contribution in [0.4, 0.5) is 10.5 Å². The summed E-state index contributed by atoms with van der Waals surface area (Å²) in [5, 5.41) is 3.63. The number of piperidine rings is 1. The van der Waals surface area contributed by atoms with E-state index in [0.717, 1.165) is 34.5 Å². The summed E-state index contributed by atoms with van der Waals surface area (Å²) in [6, 6.07) is 13.6. The van der Waals surface area contributed by atoms with Gasteiger partial charge in [0.1, 0.15) is 11.9 Å². The van der Waals surface area contributed by atoms with E-state index in [2.05, 4.69) is 10.3 Å². The Morgan fingerprint density at radius 3 is 2.64 bits per heavy atom. The Morgan fingerprint density at radius 2 is 1.93 bits per heavy atom. The number of fused-ring (bicyclic) bond motifs is 1. The maximum Gasteiger partial charge on any atom is 0.321 e. The Hall–Kier alpha value is -2.80. The van der Waals surface area contributed by atoms with Crippen LogP contribution in [0.1, 0.15) is 18.4 Å². The monoisotopic (exact) mass is 397 g/mol. The molecule has 0 saturated carbocycles. The zero-order valence-corrected chi connectivity index (χ0v) is 16.8. The Bertz CT molecular complexity index is 963. The maximum absolute atomic E-state index is 12.4. The number of anilines is 1. The van der Waals surface area contributed by atoms with Crippen molar-refractivity contribution < 1.29 is 14.3 Å². The fourth-order valence-electron chi connectivity index (χ4n) is 3.22. The lowest BCUT2D eigenvalue weighted by Gasteiger charge is -2.31. The summed E-state index contributed by atoms with van der Waals surface area (Å²) in [5.41, 5.74) is 2.90. The number of rotatable bonds is 4. The molecule has 1 aliphatic heterocycles. The lowest BCUT2D eigenvalue weighted by atomic mass is 10.1. The number of carbonyl (C=O) groups is 1. The normalized spacial score (nSPS) is 14.9. The Labute approximate surface area is 168 Å². The molecule has 0 aliphatic carbocycles. The Kier molecular flexibility index (Phi) is 5.34. The zero-order chi connectivity index (χ0) is 19.5. The number of hydrogen-bond acceptors (Lipinski definition) is 5. The van der Waals surface area contributed by atoms with E-state index in [-0.39, 0.29) is 12.1 Å². The maximum atomic E-state index is 12.4. The molecule has 6 nitrogen and oxygen atoms in total. The minimum Gasteiger partial charge on any atom is -0.497 e. The number of methoxy groups -OCH3 is 1. The highest BCUT2D eigenvalue weighted by atomic mass is 32.1. The van der Waals surface area contributed by atoms with Crippen LogP contribution in [-0.2, 0) is 0 Å². The fraction of sp³-hybridized carbons (Fsp3) is 0.333. The third-order valence-corrected chi connectivity index (χ3v) is 5.78. The molecule has 3 aromatic rings.